The fraction of sp³-hybridized carbons (Fsp3) is 0.800. The number of likely N-dealkylation sites (tertiary alicyclic amines) is 1. The summed E-state index contributed by atoms with van der Waals surface area (Å²) < 4.78 is 5.24. The van der Waals surface area contributed by atoms with Crippen LogP contribution < -0.4 is 0 Å². The molecule has 20 heavy (non-hydrogen) atoms. The van der Waals surface area contributed by atoms with Gasteiger partial charge in [-0.15, -0.1) is 0 Å². The minimum atomic E-state index is -0.890. The van der Waals surface area contributed by atoms with Crippen LogP contribution in [0.25, 0.3) is 0 Å². The van der Waals surface area contributed by atoms with Crippen molar-refractivity contribution in [1.29, 1.82) is 0 Å². The lowest BCUT2D eigenvalue weighted by molar-refractivity contribution is -0.177. The predicted octanol–water partition coefficient (Wildman–Crippen LogP) is 1.89. The van der Waals surface area contributed by atoms with E-state index >= 15 is 0 Å². The smallest absolute Gasteiger partial charge is 0.312 e. The van der Waals surface area contributed by atoms with Crippen molar-refractivity contribution in [1.82, 2.24) is 4.90 Å². The first-order valence-electron chi connectivity index (χ1n) is 7.37. The minimum absolute atomic E-state index is 0.0222. The number of nitrogens with zero attached hydrogens (tertiary/aromatic N) is 1. The van der Waals surface area contributed by atoms with Crippen LogP contribution in [0.4, 0.5) is 0 Å². The van der Waals surface area contributed by atoms with Crippen molar-refractivity contribution in [3.63, 3.8) is 0 Å². The van der Waals surface area contributed by atoms with Crippen molar-refractivity contribution in [2.24, 2.45) is 11.3 Å². The summed E-state index contributed by atoms with van der Waals surface area (Å²) >= 11 is 0. The molecule has 1 aliphatic carbocycles. The maximum Gasteiger partial charge on any atom is 0.312 e. The number of β-lactam (4-membered cyclic amide) rings is 1. The van der Waals surface area contributed by atoms with Crippen LogP contribution in [-0.2, 0) is 19.1 Å². The molecule has 0 aromatic rings. The summed E-state index contributed by atoms with van der Waals surface area (Å²) in [5.74, 6) is -0.848. The Morgan fingerprint density at radius 2 is 2.05 bits per heavy atom. The van der Waals surface area contributed by atoms with E-state index < -0.39 is 17.5 Å². The van der Waals surface area contributed by atoms with Gasteiger partial charge in [-0.25, -0.2) is 0 Å². The summed E-state index contributed by atoms with van der Waals surface area (Å²) in [5, 5.41) is 0. The summed E-state index contributed by atoms with van der Waals surface area (Å²) in [5.41, 5.74) is -0.608. The molecule has 0 spiro atoms. The Morgan fingerprint density at radius 3 is 2.65 bits per heavy atom. The summed E-state index contributed by atoms with van der Waals surface area (Å²) in [6, 6.07) is 0.0373. The molecule has 0 aromatic carbocycles. The molecule has 5 nitrogen and oxygen atoms in total. The molecule has 112 valence electrons. The molecule has 3 atom stereocenters. The molecule has 0 aromatic heterocycles. The second-order valence-electron chi connectivity index (χ2n) is 6.44. The zero-order valence-corrected chi connectivity index (χ0v) is 12.6. The lowest BCUT2D eigenvalue weighted by Crippen LogP contribution is -2.63. The van der Waals surface area contributed by atoms with Gasteiger partial charge in [0.15, 0.2) is 6.10 Å². The van der Waals surface area contributed by atoms with E-state index in [4.69, 9.17) is 4.74 Å². The van der Waals surface area contributed by atoms with Crippen LogP contribution in [0.3, 0.4) is 0 Å². The highest BCUT2D eigenvalue weighted by Crippen LogP contribution is 2.40. The van der Waals surface area contributed by atoms with Crippen LogP contribution in [0.15, 0.2) is 0 Å². The number of hydrogen-bond donors (Lipinski definition) is 0. The van der Waals surface area contributed by atoms with E-state index in [9.17, 15) is 14.4 Å². The molecule has 1 heterocycles. The summed E-state index contributed by atoms with van der Waals surface area (Å²) in [7, 11) is 0. The van der Waals surface area contributed by atoms with Crippen LogP contribution in [-0.4, -0.2) is 34.8 Å². The van der Waals surface area contributed by atoms with E-state index in [2.05, 4.69) is 0 Å². The Labute approximate surface area is 119 Å². The Balaban J connectivity index is 1.96. The first-order chi connectivity index (χ1) is 9.29. The summed E-state index contributed by atoms with van der Waals surface area (Å²) in [4.78, 5) is 37.4. The molecule has 0 radical (unpaired) electrons. The standard InChI is InChI=1S/C15H23NO4/c1-5-15(3,4)14(19)20-9(2)12(17)16-11-8-6-7-10(11)13(16)18/h9-11H,5-8H2,1-4H3. The molecular weight excluding hydrogens is 258 g/mol. The molecule has 1 aliphatic heterocycles. The van der Waals surface area contributed by atoms with Crippen LogP contribution in [0.2, 0.25) is 0 Å². The van der Waals surface area contributed by atoms with Gasteiger partial charge < -0.3 is 4.74 Å². The maximum absolute atomic E-state index is 12.3. The van der Waals surface area contributed by atoms with Gasteiger partial charge in [0.05, 0.1) is 17.4 Å². The van der Waals surface area contributed by atoms with Gasteiger partial charge in [-0.3, -0.25) is 19.3 Å². The van der Waals surface area contributed by atoms with Crippen molar-refractivity contribution in [2.75, 3.05) is 0 Å². The normalized spacial score (nSPS) is 26.8. The first kappa shape index (κ1) is 15.0. The molecule has 1 saturated carbocycles. The third-order valence-corrected chi connectivity index (χ3v) is 4.67. The largest absolute Gasteiger partial charge is 0.452 e. The molecule has 2 aliphatic rings. The number of amides is 2. The number of hydrogen-bond acceptors (Lipinski definition) is 4. The van der Waals surface area contributed by atoms with Gasteiger partial charge in [0.25, 0.3) is 5.91 Å². The molecule has 2 fully saturated rings. The van der Waals surface area contributed by atoms with Gasteiger partial charge in [-0.2, -0.15) is 0 Å². The molecule has 1 saturated heterocycles. The average Bonchev–Trinajstić information content (AvgIpc) is 2.82. The van der Waals surface area contributed by atoms with Gasteiger partial charge in [-0.1, -0.05) is 13.3 Å². The van der Waals surface area contributed by atoms with E-state index in [1.165, 1.54) is 4.90 Å². The number of esters is 1. The van der Waals surface area contributed by atoms with Crippen molar-refractivity contribution in [3.8, 4) is 0 Å². The third-order valence-electron chi connectivity index (χ3n) is 4.67. The lowest BCUT2D eigenvalue weighted by Gasteiger charge is -2.42. The topological polar surface area (TPSA) is 63.7 Å². The fourth-order valence-electron chi connectivity index (χ4n) is 2.78. The lowest BCUT2D eigenvalue weighted by atomic mass is 9.89. The summed E-state index contributed by atoms with van der Waals surface area (Å²) in [6.07, 6.45) is 2.49. The molecular formula is C15H23NO4. The highest BCUT2D eigenvalue weighted by molar-refractivity contribution is 6.04. The fourth-order valence-corrected chi connectivity index (χ4v) is 2.78. The molecule has 5 heteroatoms. The molecule has 2 rings (SSSR count). The Hall–Kier alpha value is -1.39. The Bertz CT molecular complexity index is 443. The van der Waals surface area contributed by atoms with E-state index in [0.29, 0.717) is 6.42 Å². The number of fused-ring (bicyclic) bond motifs is 1. The van der Waals surface area contributed by atoms with Crippen LogP contribution >= 0.6 is 0 Å². The van der Waals surface area contributed by atoms with E-state index in [-0.39, 0.29) is 23.8 Å². The van der Waals surface area contributed by atoms with Crippen molar-refractivity contribution in [2.45, 2.75) is 65.5 Å². The monoisotopic (exact) mass is 281 g/mol. The van der Waals surface area contributed by atoms with Gasteiger partial charge in [-0.05, 0) is 40.0 Å². The molecule has 0 N–H and O–H groups in total. The predicted molar refractivity (Wildman–Crippen MR) is 72.6 cm³/mol. The van der Waals surface area contributed by atoms with Crippen molar-refractivity contribution < 1.29 is 19.1 Å². The van der Waals surface area contributed by atoms with Crippen LogP contribution in [0.5, 0.6) is 0 Å². The quantitative estimate of drug-likeness (QED) is 0.583. The van der Waals surface area contributed by atoms with Gasteiger partial charge in [0, 0.05) is 0 Å². The number of imide groups is 1. The average molecular weight is 281 g/mol. The van der Waals surface area contributed by atoms with E-state index in [1.807, 2.05) is 6.92 Å². The minimum Gasteiger partial charge on any atom is -0.452 e. The SMILES string of the molecule is CCC(C)(C)C(=O)OC(C)C(=O)N1C(=O)C2CCCC21. The highest BCUT2D eigenvalue weighted by atomic mass is 16.5. The van der Waals surface area contributed by atoms with Crippen molar-refractivity contribution in [3.05, 3.63) is 0 Å². The Morgan fingerprint density at radius 1 is 1.40 bits per heavy atom. The number of carbonyl (C=O) groups is 3. The second-order valence-corrected chi connectivity index (χ2v) is 6.44. The maximum atomic E-state index is 12.3. The van der Waals surface area contributed by atoms with Crippen molar-refractivity contribution >= 4 is 17.8 Å². The van der Waals surface area contributed by atoms with E-state index in [0.717, 1.165) is 19.3 Å². The van der Waals surface area contributed by atoms with Gasteiger partial charge in [0.2, 0.25) is 5.91 Å². The first-order valence-corrected chi connectivity index (χ1v) is 7.37. The van der Waals surface area contributed by atoms with Gasteiger partial charge in [0.1, 0.15) is 0 Å². The zero-order chi connectivity index (χ0) is 15.1. The van der Waals surface area contributed by atoms with E-state index in [1.54, 1.807) is 20.8 Å². The van der Waals surface area contributed by atoms with Gasteiger partial charge >= 0.3 is 5.97 Å². The summed E-state index contributed by atoms with van der Waals surface area (Å²) in [6.45, 7) is 7.01. The number of rotatable bonds is 4. The molecule has 3 unspecified atom stereocenters. The molecule has 2 amide bonds. The Kier molecular flexibility index (Phi) is 3.89. The zero-order valence-electron chi connectivity index (χ0n) is 12.6. The van der Waals surface area contributed by atoms with Crippen LogP contribution in [0.1, 0.15) is 53.4 Å². The number of ether oxygens (including phenoxy) is 1. The second kappa shape index (κ2) is 5.19. The molecule has 0 bridgehead atoms. The third kappa shape index (κ3) is 2.34. The number of carbonyl (C=O) groups excluding carboxylic acids is 3. The highest BCUT2D eigenvalue weighted by Gasteiger charge is 2.53. The van der Waals surface area contributed by atoms with Crippen LogP contribution in [0, 0.1) is 11.3 Å².